The number of benzene rings is 1. The van der Waals surface area contributed by atoms with Crippen LogP contribution in [0.25, 0.3) is 0 Å². The molecule has 0 spiro atoms. The van der Waals surface area contributed by atoms with Crippen molar-refractivity contribution in [1.82, 2.24) is 10.6 Å². The zero-order valence-corrected chi connectivity index (χ0v) is 16.1. The van der Waals surface area contributed by atoms with Gasteiger partial charge in [-0.1, -0.05) is 13.8 Å². The van der Waals surface area contributed by atoms with Crippen LogP contribution in [-0.2, 0) is 4.79 Å². The monoisotopic (exact) mass is 364 g/mol. The minimum absolute atomic E-state index is 0.143. The fraction of sp³-hybridized carbons (Fsp3) is 0.579. The fourth-order valence-corrected chi connectivity index (χ4v) is 3.33. The molecular weight excluding hydrogens is 334 g/mol. The number of carbonyl (C=O) groups excluding carboxylic acids is 2. The lowest BCUT2D eigenvalue weighted by atomic mass is 10.0. The summed E-state index contributed by atoms with van der Waals surface area (Å²) >= 11 is 0. The van der Waals surface area contributed by atoms with Crippen LogP contribution in [0.4, 0.5) is 4.79 Å². The Hall–Kier alpha value is -2.28. The average molecular weight is 364 g/mol. The topological polar surface area (TPSA) is 81.1 Å². The molecule has 7 nitrogen and oxygen atoms in total. The van der Waals surface area contributed by atoms with E-state index in [0.29, 0.717) is 12.5 Å². The Morgan fingerprint density at radius 1 is 1.27 bits per heavy atom. The van der Waals surface area contributed by atoms with Crippen LogP contribution in [0.5, 0.6) is 11.5 Å². The first-order chi connectivity index (χ1) is 12.4. The summed E-state index contributed by atoms with van der Waals surface area (Å²) in [4.78, 5) is 25.2. The molecule has 26 heavy (non-hydrogen) atoms. The highest BCUT2D eigenvalue weighted by atomic mass is 16.5. The van der Waals surface area contributed by atoms with Gasteiger partial charge in [0, 0.05) is 19.4 Å². The third-order valence-corrected chi connectivity index (χ3v) is 4.61. The van der Waals surface area contributed by atoms with Crippen molar-refractivity contribution in [2.45, 2.75) is 32.7 Å². The molecule has 0 saturated carbocycles. The molecule has 1 aromatic rings. The molecule has 3 N–H and O–H groups in total. The number of urea groups is 1. The Kier molecular flexibility index (Phi) is 7.26. The van der Waals surface area contributed by atoms with E-state index in [0.717, 1.165) is 41.3 Å². The predicted molar refractivity (Wildman–Crippen MR) is 98.6 cm³/mol. The van der Waals surface area contributed by atoms with Gasteiger partial charge in [-0.15, -0.1) is 0 Å². The van der Waals surface area contributed by atoms with Crippen LogP contribution < -0.4 is 25.0 Å². The van der Waals surface area contributed by atoms with Gasteiger partial charge in [0.25, 0.3) is 5.91 Å². The highest BCUT2D eigenvalue weighted by molar-refractivity contribution is 5.94. The van der Waals surface area contributed by atoms with Gasteiger partial charge in [0.05, 0.1) is 26.3 Å². The van der Waals surface area contributed by atoms with E-state index in [-0.39, 0.29) is 18.5 Å². The normalized spacial score (nSPS) is 19.3. The standard InChI is InChI=1S/C19H29N3O4/c1-13(2)11-20-19(24)21-18(23)12-22-9-5-6-16(22)15-10-14(25-3)7-8-17(15)26-4/h7-8,10,13,16H,5-6,9,11-12H2,1-4H3,(H2,20,21,23,24)/p+1/t16-/m0/s1. The lowest BCUT2D eigenvalue weighted by Crippen LogP contribution is -3.11. The van der Waals surface area contributed by atoms with Crippen molar-refractivity contribution >= 4 is 11.9 Å². The van der Waals surface area contributed by atoms with Gasteiger partial charge in [-0.25, -0.2) is 4.79 Å². The number of imide groups is 1. The first-order valence-electron chi connectivity index (χ1n) is 9.08. The van der Waals surface area contributed by atoms with E-state index < -0.39 is 6.03 Å². The van der Waals surface area contributed by atoms with Crippen LogP contribution in [0, 0.1) is 5.92 Å². The number of quaternary nitrogens is 1. The molecule has 0 bridgehead atoms. The Labute approximate surface area is 155 Å². The van der Waals surface area contributed by atoms with Crippen molar-refractivity contribution in [3.05, 3.63) is 23.8 Å². The minimum atomic E-state index is -0.433. The molecule has 1 saturated heterocycles. The van der Waals surface area contributed by atoms with Crippen molar-refractivity contribution in [3.8, 4) is 11.5 Å². The van der Waals surface area contributed by atoms with Gasteiger partial charge in [-0.2, -0.15) is 0 Å². The zero-order chi connectivity index (χ0) is 19.1. The van der Waals surface area contributed by atoms with E-state index in [4.69, 9.17) is 9.47 Å². The van der Waals surface area contributed by atoms with E-state index >= 15 is 0 Å². The number of carbonyl (C=O) groups is 2. The molecule has 0 radical (unpaired) electrons. The highest BCUT2D eigenvalue weighted by Gasteiger charge is 2.34. The number of hydrogen-bond donors (Lipinski definition) is 3. The fourth-order valence-electron chi connectivity index (χ4n) is 3.33. The number of hydrogen-bond acceptors (Lipinski definition) is 4. The van der Waals surface area contributed by atoms with Crippen molar-refractivity contribution in [3.63, 3.8) is 0 Å². The number of likely N-dealkylation sites (tertiary alicyclic amines) is 1. The quantitative estimate of drug-likeness (QED) is 0.672. The molecule has 7 heteroatoms. The van der Waals surface area contributed by atoms with Gasteiger partial charge in [-0.05, 0) is 24.1 Å². The summed E-state index contributed by atoms with van der Waals surface area (Å²) < 4.78 is 10.8. The number of ether oxygens (including phenoxy) is 2. The van der Waals surface area contributed by atoms with Gasteiger partial charge in [0.2, 0.25) is 0 Å². The van der Waals surface area contributed by atoms with E-state index in [1.54, 1.807) is 14.2 Å². The lowest BCUT2D eigenvalue weighted by Gasteiger charge is -2.23. The summed E-state index contributed by atoms with van der Waals surface area (Å²) in [6, 6.07) is 5.44. The first kappa shape index (κ1) is 20.0. The van der Waals surface area contributed by atoms with Crippen LogP contribution in [0.3, 0.4) is 0 Å². The summed E-state index contributed by atoms with van der Waals surface area (Å²) in [5.74, 6) is 1.63. The number of amides is 3. The van der Waals surface area contributed by atoms with Crippen molar-refractivity contribution < 1.29 is 24.0 Å². The van der Waals surface area contributed by atoms with E-state index in [9.17, 15) is 9.59 Å². The van der Waals surface area contributed by atoms with Crippen LogP contribution in [0.1, 0.15) is 38.3 Å². The smallest absolute Gasteiger partial charge is 0.321 e. The maximum atomic E-state index is 12.3. The average Bonchev–Trinajstić information content (AvgIpc) is 3.07. The Morgan fingerprint density at radius 2 is 2.04 bits per heavy atom. The summed E-state index contributed by atoms with van der Waals surface area (Å²) in [7, 11) is 3.28. The molecule has 144 valence electrons. The summed E-state index contributed by atoms with van der Waals surface area (Å²) in [6.07, 6.45) is 1.98. The second-order valence-corrected chi connectivity index (χ2v) is 7.04. The Morgan fingerprint density at radius 3 is 2.69 bits per heavy atom. The second-order valence-electron chi connectivity index (χ2n) is 7.04. The van der Waals surface area contributed by atoms with Crippen molar-refractivity contribution in [2.24, 2.45) is 5.92 Å². The largest absolute Gasteiger partial charge is 0.497 e. The molecule has 3 amide bonds. The third kappa shape index (κ3) is 5.36. The molecule has 1 unspecified atom stereocenters. The third-order valence-electron chi connectivity index (χ3n) is 4.61. The summed E-state index contributed by atoms with van der Waals surface area (Å²) in [5, 5.41) is 5.12. The molecular formula is C19H30N3O4+. The zero-order valence-electron chi connectivity index (χ0n) is 16.1. The Bertz CT molecular complexity index is 633. The minimum Gasteiger partial charge on any atom is -0.497 e. The van der Waals surface area contributed by atoms with Crippen LogP contribution in [-0.4, -0.2) is 45.8 Å². The first-order valence-corrected chi connectivity index (χ1v) is 9.08. The van der Waals surface area contributed by atoms with Crippen molar-refractivity contribution in [2.75, 3.05) is 33.9 Å². The van der Waals surface area contributed by atoms with Gasteiger partial charge >= 0.3 is 6.03 Å². The number of nitrogens with one attached hydrogen (secondary N) is 3. The second kappa shape index (κ2) is 9.43. The van der Waals surface area contributed by atoms with Gasteiger partial charge in [-0.3, -0.25) is 10.1 Å². The molecule has 1 heterocycles. The van der Waals surface area contributed by atoms with Gasteiger partial charge < -0.3 is 19.7 Å². The van der Waals surface area contributed by atoms with Crippen molar-refractivity contribution in [1.29, 1.82) is 0 Å². The molecule has 2 atom stereocenters. The Balaban J connectivity index is 2.02. The molecule has 0 aliphatic carbocycles. The molecule has 1 fully saturated rings. The maximum absolute atomic E-state index is 12.3. The van der Waals surface area contributed by atoms with Gasteiger partial charge in [0.15, 0.2) is 6.54 Å². The molecule has 1 aromatic carbocycles. The summed E-state index contributed by atoms with van der Waals surface area (Å²) in [5.41, 5.74) is 1.04. The predicted octanol–water partition coefficient (Wildman–Crippen LogP) is 0.905. The molecule has 1 aliphatic rings. The van der Waals surface area contributed by atoms with Crippen LogP contribution in [0.2, 0.25) is 0 Å². The van der Waals surface area contributed by atoms with E-state index in [1.807, 2.05) is 32.0 Å². The van der Waals surface area contributed by atoms with Crippen LogP contribution >= 0.6 is 0 Å². The molecule has 0 aromatic heterocycles. The lowest BCUT2D eigenvalue weighted by molar-refractivity contribution is -0.910. The SMILES string of the molecule is COc1ccc(OC)c([C@@H]2CCC[NH+]2CC(=O)NC(=O)NCC(C)C)c1. The van der Waals surface area contributed by atoms with Gasteiger partial charge in [0.1, 0.15) is 17.5 Å². The maximum Gasteiger partial charge on any atom is 0.321 e. The van der Waals surface area contributed by atoms with Crippen LogP contribution in [0.15, 0.2) is 18.2 Å². The van der Waals surface area contributed by atoms with E-state index in [1.165, 1.54) is 0 Å². The van der Waals surface area contributed by atoms with E-state index in [2.05, 4.69) is 10.6 Å². The molecule has 2 rings (SSSR count). The number of methoxy groups -OCH3 is 2. The highest BCUT2D eigenvalue weighted by Crippen LogP contribution is 2.31. The molecule has 1 aliphatic heterocycles. The number of rotatable bonds is 7. The summed E-state index contributed by atoms with van der Waals surface area (Å²) in [6.45, 7) is 5.68.